The van der Waals surface area contributed by atoms with E-state index in [1.165, 1.54) is 18.3 Å². The van der Waals surface area contributed by atoms with Crippen molar-refractivity contribution in [2.75, 3.05) is 24.4 Å². The maximum Gasteiger partial charge on any atom is 0.354 e. The minimum absolute atomic E-state index is 0.0352. The van der Waals surface area contributed by atoms with Gasteiger partial charge < -0.3 is 15.0 Å². The molecule has 1 N–H and O–H groups in total. The standard InChI is InChI=1S/C19H15Cl2N5O4/c1-25(14-9-4-3-6-11(14)19(27)30-2)18-16(26(28)29)17(22-10-23-18)24-13-8-5-7-12(20)15(13)21/h3-10H,1-2H3,(H,22,23,24). The van der Waals surface area contributed by atoms with E-state index in [0.29, 0.717) is 11.4 Å². The number of carbonyl (C=O) groups is 1. The number of methoxy groups -OCH3 is 1. The van der Waals surface area contributed by atoms with E-state index >= 15 is 0 Å². The fraction of sp³-hybridized carbons (Fsp3) is 0.105. The van der Waals surface area contributed by atoms with Crippen molar-refractivity contribution >= 4 is 57.9 Å². The molecule has 2 aromatic carbocycles. The molecule has 9 nitrogen and oxygen atoms in total. The number of nitro groups is 1. The highest BCUT2D eigenvalue weighted by atomic mass is 35.5. The van der Waals surface area contributed by atoms with Gasteiger partial charge in [-0.2, -0.15) is 0 Å². The smallest absolute Gasteiger partial charge is 0.354 e. The second-order valence-electron chi connectivity index (χ2n) is 5.95. The van der Waals surface area contributed by atoms with Gasteiger partial charge >= 0.3 is 11.7 Å². The van der Waals surface area contributed by atoms with Crippen molar-refractivity contribution in [3.8, 4) is 0 Å². The molecule has 0 saturated heterocycles. The number of nitrogens with one attached hydrogen (secondary N) is 1. The number of benzene rings is 2. The zero-order valence-electron chi connectivity index (χ0n) is 15.8. The van der Waals surface area contributed by atoms with E-state index in [-0.39, 0.29) is 27.2 Å². The van der Waals surface area contributed by atoms with Crippen LogP contribution in [-0.4, -0.2) is 35.0 Å². The van der Waals surface area contributed by atoms with Crippen LogP contribution in [0.15, 0.2) is 48.8 Å². The summed E-state index contributed by atoms with van der Waals surface area (Å²) in [6, 6.07) is 11.4. The highest BCUT2D eigenvalue weighted by Crippen LogP contribution is 2.39. The lowest BCUT2D eigenvalue weighted by molar-refractivity contribution is -0.383. The first kappa shape index (κ1) is 21.3. The lowest BCUT2D eigenvalue weighted by atomic mass is 10.1. The van der Waals surface area contributed by atoms with Crippen molar-refractivity contribution in [3.05, 3.63) is 74.5 Å². The van der Waals surface area contributed by atoms with Crippen LogP contribution in [-0.2, 0) is 4.74 Å². The number of hydrogen-bond acceptors (Lipinski definition) is 8. The van der Waals surface area contributed by atoms with Gasteiger partial charge in [-0.25, -0.2) is 14.8 Å². The first-order chi connectivity index (χ1) is 14.3. The number of esters is 1. The van der Waals surface area contributed by atoms with Crippen LogP contribution in [0.1, 0.15) is 10.4 Å². The van der Waals surface area contributed by atoms with Crippen molar-refractivity contribution < 1.29 is 14.5 Å². The lowest BCUT2D eigenvalue weighted by Gasteiger charge is -2.21. The van der Waals surface area contributed by atoms with E-state index < -0.39 is 16.6 Å². The van der Waals surface area contributed by atoms with Gasteiger partial charge in [-0.1, -0.05) is 41.4 Å². The molecular weight excluding hydrogens is 433 g/mol. The molecule has 3 rings (SSSR count). The first-order valence-corrected chi connectivity index (χ1v) is 9.22. The average Bonchev–Trinajstić information content (AvgIpc) is 2.75. The van der Waals surface area contributed by atoms with Crippen LogP contribution in [0, 0.1) is 10.1 Å². The summed E-state index contributed by atoms with van der Waals surface area (Å²) in [5.74, 6) is -0.707. The SMILES string of the molecule is COC(=O)c1ccccc1N(C)c1ncnc(Nc2cccc(Cl)c2Cl)c1[N+](=O)[O-]. The fourth-order valence-corrected chi connectivity index (χ4v) is 3.11. The Labute approximate surface area is 181 Å². The number of ether oxygens (including phenoxy) is 1. The Kier molecular flexibility index (Phi) is 6.34. The molecule has 0 radical (unpaired) electrons. The molecule has 11 heteroatoms. The minimum Gasteiger partial charge on any atom is -0.465 e. The summed E-state index contributed by atoms with van der Waals surface area (Å²) in [4.78, 5) is 32.9. The van der Waals surface area contributed by atoms with Gasteiger partial charge in [-0.05, 0) is 24.3 Å². The summed E-state index contributed by atoms with van der Waals surface area (Å²) in [5.41, 5.74) is 0.533. The third-order valence-electron chi connectivity index (χ3n) is 4.18. The molecule has 0 fully saturated rings. The van der Waals surface area contributed by atoms with Crippen LogP contribution in [0.25, 0.3) is 0 Å². The number of rotatable bonds is 6. The predicted octanol–water partition coefficient (Wildman–Crippen LogP) is 4.99. The summed E-state index contributed by atoms with van der Waals surface area (Å²) in [6.45, 7) is 0. The normalized spacial score (nSPS) is 10.4. The molecule has 0 amide bonds. The number of para-hydroxylation sites is 1. The number of anilines is 4. The Balaban J connectivity index is 2.11. The van der Waals surface area contributed by atoms with Gasteiger partial charge in [0.05, 0.1) is 39.0 Å². The van der Waals surface area contributed by atoms with Gasteiger partial charge in [0.1, 0.15) is 6.33 Å². The van der Waals surface area contributed by atoms with Crippen molar-refractivity contribution in [3.63, 3.8) is 0 Å². The van der Waals surface area contributed by atoms with Gasteiger partial charge in [0.15, 0.2) is 0 Å². The van der Waals surface area contributed by atoms with Crippen molar-refractivity contribution in [1.29, 1.82) is 0 Å². The van der Waals surface area contributed by atoms with Gasteiger partial charge in [0, 0.05) is 7.05 Å². The number of hydrogen-bond donors (Lipinski definition) is 1. The predicted molar refractivity (Wildman–Crippen MR) is 114 cm³/mol. The third kappa shape index (κ3) is 4.12. The second kappa shape index (κ2) is 8.93. The highest BCUT2D eigenvalue weighted by molar-refractivity contribution is 6.43. The molecule has 0 saturated carbocycles. The highest BCUT2D eigenvalue weighted by Gasteiger charge is 2.28. The van der Waals surface area contributed by atoms with Crippen LogP contribution in [0.4, 0.5) is 28.7 Å². The summed E-state index contributed by atoms with van der Waals surface area (Å²) < 4.78 is 4.80. The Bertz CT molecular complexity index is 1130. The van der Waals surface area contributed by atoms with E-state index in [4.69, 9.17) is 27.9 Å². The molecule has 154 valence electrons. The van der Waals surface area contributed by atoms with Crippen molar-refractivity contribution in [2.24, 2.45) is 0 Å². The molecule has 0 aliphatic carbocycles. The lowest BCUT2D eigenvalue weighted by Crippen LogP contribution is -2.18. The molecular formula is C19H15Cl2N5O4. The molecule has 1 heterocycles. The van der Waals surface area contributed by atoms with Gasteiger partial charge in [0.25, 0.3) is 0 Å². The topological polar surface area (TPSA) is 110 Å². The molecule has 30 heavy (non-hydrogen) atoms. The summed E-state index contributed by atoms with van der Waals surface area (Å²) in [7, 11) is 2.80. The quantitative estimate of drug-likeness (QED) is 0.319. The zero-order valence-corrected chi connectivity index (χ0v) is 17.3. The molecule has 0 unspecified atom stereocenters. The van der Waals surface area contributed by atoms with E-state index in [2.05, 4.69) is 15.3 Å². The van der Waals surface area contributed by atoms with Crippen LogP contribution in [0.5, 0.6) is 0 Å². The van der Waals surface area contributed by atoms with Crippen LogP contribution in [0.2, 0.25) is 10.0 Å². The Morgan fingerprint density at radius 3 is 2.60 bits per heavy atom. The summed E-state index contributed by atoms with van der Waals surface area (Å²) >= 11 is 12.2. The monoisotopic (exact) mass is 447 g/mol. The average molecular weight is 448 g/mol. The maximum absolute atomic E-state index is 12.1. The summed E-state index contributed by atoms with van der Waals surface area (Å²) in [5, 5.41) is 15.2. The largest absolute Gasteiger partial charge is 0.465 e. The van der Waals surface area contributed by atoms with E-state index in [9.17, 15) is 14.9 Å². The van der Waals surface area contributed by atoms with Crippen molar-refractivity contribution in [2.45, 2.75) is 0 Å². The number of carbonyl (C=O) groups excluding carboxylic acids is 1. The van der Waals surface area contributed by atoms with Crippen molar-refractivity contribution in [1.82, 2.24) is 9.97 Å². The summed E-state index contributed by atoms with van der Waals surface area (Å²) in [6.07, 6.45) is 1.17. The van der Waals surface area contributed by atoms with Gasteiger partial charge in [-0.15, -0.1) is 0 Å². The van der Waals surface area contributed by atoms with Crippen LogP contribution >= 0.6 is 23.2 Å². The van der Waals surface area contributed by atoms with Gasteiger partial charge in [-0.3, -0.25) is 10.1 Å². The minimum atomic E-state index is -0.618. The Hall–Kier alpha value is -3.43. The Morgan fingerprint density at radius 2 is 1.90 bits per heavy atom. The first-order valence-electron chi connectivity index (χ1n) is 8.46. The van der Waals surface area contributed by atoms with Crippen LogP contribution < -0.4 is 10.2 Å². The number of halogens is 2. The van der Waals surface area contributed by atoms with E-state index in [1.807, 2.05) is 0 Å². The molecule has 1 aromatic heterocycles. The molecule has 0 bridgehead atoms. The van der Waals surface area contributed by atoms with E-state index in [1.54, 1.807) is 49.5 Å². The van der Waals surface area contributed by atoms with E-state index in [0.717, 1.165) is 0 Å². The van der Waals surface area contributed by atoms with Gasteiger partial charge in [0.2, 0.25) is 11.6 Å². The maximum atomic E-state index is 12.1. The third-order valence-corrected chi connectivity index (χ3v) is 5.00. The number of aromatic nitrogens is 2. The molecule has 3 aromatic rings. The number of nitrogens with zero attached hydrogens (tertiary/aromatic N) is 4. The Morgan fingerprint density at radius 1 is 1.17 bits per heavy atom. The molecule has 0 aliphatic rings. The fourth-order valence-electron chi connectivity index (χ4n) is 2.77. The molecule has 0 atom stereocenters. The molecule has 0 aliphatic heterocycles. The molecule has 0 spiro atoms. The second-order valence-corrected chi connectivity index (χ2v) is 6.73. The van der Waals surface area contributed by atoms with Crippen LogP contribution in [0.3, 0.4) is 0 Å². The zero-order chi connectivity index (χ0) is 21.8.